The summed E-state index contributed by atoms with van der Waals surface area (Å²) < 4.78 is 5.26. The summed E-state index contributed by atoms with van der Waals surface area (Å²) in [5.74, 6) is 0. The van der Waals surface area contributed by atoms with Gasteiger partial charge in [-0.3, -0.25) is 0 Å². The Morgan fingerprint density at radius 2 is 1.74 bits per heavy atom. The van der Waals surface area contributed by atoms with Crippen molar-refractivity contribution < 1.29 is 14.6 Å². The zero-order chi connectivity index (χ0) is 14.7. The van der Waals surface area contributed by atoms with Gasteiger partial charge in [-0.2, -0.15) is 0 Å². The van der Waals surface area contributed by atoms with Gasteiger partial charge >= 0.3 is 6.09 Å². The molecule has 1 aromatic rings. The Bertz CT molecular complexity index is 421. The molecule has 0 saturated carbocycles. The molecule has 0 heterocycles. The van der Waals surface area contributed by atoms with Crippen LogP contribution in [-0.2, 0) is 10.3 Å². The molecule has 0 bridgehead atoms. The number of ether oxygens (including phenoxy) is 1. The first-order chi connectivity index (χ1) is 8.62. The molecule has 19 heavy (non-hydrogen) atoms. The molecule has 0 aliphatic carbocycles. The van der Waals surface area contributed by atoms with Crippen LogP contribution in [0.4, 0.5) is 4.79 Å². The average Bonchev–Trinajstić information content (AvgIpc) is 2.27. The van der Waals surface area contributed by atoms with E-state index in [0.717, 1.165) is 5.56 Å². The number of hydrogen-bond donors (Lipinski definition) is 1. The van der Waals surface area contributed by atoms with Crippen LogP contribution >= 0.6 is 0 Å². The van der Waals surface area contributed by atoms with E-state index >= 15 is 0 Å². The van der Waals surface area contributed by atoms with Crippen LogP contribution in [0.25, 0.3) is 0 Å². The highest BCUT2D eigenvalue weighted by molar-refractivity contribution is 5.67. The molecule has 0 saturated heterocycles. The third kappa shape index (κ3) is 4.91. The van der Waals surface area contributed by atoms with E-state index in [2.05, 4.69) is 0 Å². The van der Waals surface area contributed by atoms with Gasteiger partial charge in [0, 0.05) is 7.05 Å². The molecule has 0 fully saturated rings. The fraction of sp³-hybridized carbons (Fsp3) is 0.533. The highest BCUT2D eigenvalue weighted by Crippen LogP contribution is 2.21. The van der Waals surface area contributed by atoms with Crippen LogP contribution < -0.4 is 0 Å². The molecule has 1 N–H and O–H groups in total. The Labute approximate surface area is 115 Å². The Kier molecular flexibility index (Phi) is 4.58. The Hall–Kier alpha value is -1.55. The second-order valence-electron chi connectivity index (χ2n) is 5.98. The lowest BCUT2D eigenvalue weighted by Gasteiger charge is -2.31. The van der Waals surface area contributed by atoms with E-state index in [0.29, 0.717) is 0 Å². The highest BCUT2D eigenvalue weighted by Gasteiger charge is 2.28. The summed E-state index contributed by atoms with van der Waals surface area (Å²) in [7, 11) is 1.62. The lowest BCUT2D eigenvalue weighted by molar-refractivity contribution is -0.00534. The first-order valence-electron chi connectivity index (χ1n) is 6.34. The summed E-state index contributed by atoms with van der Waals surface area (Å²) in [5, 5.41) is 10.5. The minimum absolute atomic E-state index is 0.173. The number of rotatable bonds is 3. The highest BCUT2D eigenvalue weighted by atomic mass is 16.6. The van der Waals surface area contributed by atoms with Crippen molar-refractivity contribution in [2.24, 2.45) is 0 Å². The third-order valence-corrected chi connectivity index (χ3v) is 2.65. The number of aliphatic hydroxyl groups is 1. The lowest BCUT2D eigenvalue weighted by atomic mass is 9.96. The summed E-state index contributed by atoms with van der Waals surface area (Å²) in [6.45, 7) is 7.30. The molecule has 4 nitrogen and oxygen atoms in total. The normalized spacial score (nSPS) is 14.6. The van der Waals surface area contributed by atoms with Crippen molar-refractivity contribution in [2.75, 3.05) is 13.6 Å². The lowest BCUT2D eigenvalue weighted by Crippen LogP contribution is -2.42. The van der Waals surface area contributed by atoms with E-state index in [1.807, 2.05) is 51.1 Å². The first-order valence-corrected chi connectivity index (χ1v) is 6.34. The number of likely N-dealkylation sites (N-methyl/N-ethyl adjacent to an activating group) is 1. The van der Waals surface area contributed by atoms with E-state index in [1.54, 1.807) is 14.0 Å². The molecule has 1 rings (SSSR count). The number of carbonyl (C=O) groups is 1. The van der Waals surface area contributed by atoms with Crippen LogP contribution in [0, 0.1) is 0 Å². The maximum atomic E-state index is 11.9. The summed E-state index contributed by atoms with van der Waals surface area (Å²) >= 11 is 0. The van der Waals surface area contributed by atoms with Gasteiger partial charge < -0.3 is 14.7 Å². The van der Waals surface area contributed by atoms with Crippen molar-refractivity contribution in [1.29, 1.82) is 0 Å². The number of carbonyl (C=O) groups excluding carboxylic acids is 1. The summed E-state index contributed by atoms with van der Waals surface area (Å²) in [4.78, 5) is 13.2. The fourth-order valence-electron chi connectivity index (χ4n) is 1.75. The minimum Gasteiger partial charge on any atom is -0.444 e. The molecule has 4 heteroatoms. The molecule has 0 aromatic heterocycles. The summed E-state index contributed by atoms with van der Waals surface area (Å²) in [5.41, 5.74) is -0.873. The molecule has 1 aromatic carbocycles. The van der Waals surface area contributed by atoms with Gasteiger partial charge in [0.25, 0.3) is 0 Å². The maximum Gasteiger partial charge on any atom is 0.410 e. The van der Waals surface area contributed by atoms with Gasteiger partial charge in [-0.05, 0) is 33.3 Å². The topological polar surface area (TPSA) is 49.8 Å². The van der Waals surface area contributed by atoms with Crippen LogP contribution in [-0.4, -0.2) is 35.3 Å². The molecular formula is C15H23NO3. The Morgan fingerprint density at radius 3 is 2.21 bits per heavy atom. The van der Waals surface area contributed by atoms with Gasteiger partial charge in [0.1, 0.15) is 11.2 Å². The average molecular weight is 265 g/mol. The molecule has 106 valence electrons. The number of benzene rings is 1. The zero-order valence-electron chi connectivity index (χ0n) is 12.3. The predicted octanol–water partition coefficient (Wildman–Crippen LogP) is 2.76. The molecule has 1 unspecified atom stereocenters. The van der Waals surface area contributed by atoms with Gasteiger partial charge in [0.2, 0.25) is 0 Å². The number of amides is 1. The van der Waals surface area contributed by atoms with Gasteiger partial charge in [0.15, 0.2) is 0 Å². The van der Waals surface area contributed by atoms with Crippen LogP contribution in [0.15, 0.2) is 30.3 Å². The molecule has 0 radical (unpaired) electrons. The molecule has 0 aliphatic heterocycles. The van der Waals surface area contributed by atoms with Crippen LogP contribution in [0.3, 0.4) is 0 Å². The van der Waals surface area contributed by atoms with Crippen LogP contribution in [0.1, 0.15) is 33.3 Å². The van der Waals surface area contributed by atoms with E-state index in [-0.39, 0.29) is 6.54 Å². The SMILES string of the molecule is CN(CC(C)(O)c1ccccc1)C(=O)OC(C)(C)C. The van der Waals surface area contributed by atoms with Gasteiger partial charge in [0.05, 0.1) is 6.54 Å². The Balaban J connectivity index is 2.71. The quantitative estimate of drug-likeness (QED) is 0.914. The molecule has 1 amide bonds. The second-order valence-corrected chi connectivity index (χ2v) is 5.98. The second kappa shape index (κ2) is 5.61. The molecule has 0 spiro atoms. The van der Waals surface area contributed by atoms with Crippen LogP contribution in [0.2, 0.25) is 0 Å². The maximum absolute atomic E-state index is 11.9. The third-order valence-electron chi connectivity index (χ3n) is 2.65. The van der Waals surface area contributed by atoms with Gasteiger partial charge in [-0.25, -0.2) is 4.79 Å². The predicted molar refractivity (Wildman–Crippen MR) is 74.9 cm³/mol. The zero-order valence-corrected chi connectivity index (χ0v) is 12.3. The molecule has 1 atom stereocenters. The van der Waals surface area contributed by atoms with Crippen molar-refractivity contribution in [3.05, 3.63) is 35.9 Å². The van der Waals surface area contributed by atoms with E-state index in [9.17, 15) is 9.90 Å². The van der Waals surface area contributed by atoms with Gasteiger partial charge in [-0.15, -0.1) is 0 Å². The molecule has 0 aliphatic rings. The largest absolute Gasteiger partial charge is 0.444 e. The summed E-state index contributed by atoms with van der Waals surface area (Å²) in [6, 6.07) is 9.28. The Morgan fingerprint density at radius 1 is 1.21 bits per heavy atom. The first kappa shape index (κ1) is 15.5. The smallest absolute Gasteiger partial charge is 0.410 e. The standard InChI is InChI=1S/C15H23NO3/c1-14(2,3)19-13(17)16(5)11-15(4,18)12-9-7-6-8-10-12/h6-10,18H,11H2,1-5H3. The van der Waals surface area contributed by atoms with Crippen molar-refractivity contribution >= 4 is 6.09 Å². The number of hydrogen-bond acceptors (Lipinski definition) is 3. The van der Waals surface area contributed by atoms with Gasteiger partial charge in [-0.1, -0.05) is 30.3 Å². The summed E-state index contributed by atoms with van der Waals surface area (Å²) in [6.07, 6.45) is -0.441. The van der Waals surface area contributed by atoms with Crippen molar-refractivity contribution in [2.45, 2.75) is 38.9 Å². The van der Waals surface area contributed by atoms with Crippen molar-refractivity contribution in [3.63, 3.8) is 0 Å². The van der Waals surface area contributed by atoms with Crippen molar-refractivity contribution in [3.8, 4) is 0 Å². The molecular weight excluding hydrogens is 242 g/mol. The van der Waals surface area contributed by atoms with Crippen molar-refractivity contribution in [1.82, 2.24) is 4.90 Å². The fourth-order valence-corrected chi connectivity index (χ4v) is 1.75. The van der Waals surface area contributed by atoms with E-state index < -0.39 is 17.3 Å². The van der Waals surface area contributed by atoms with Crippen LogP contribution in [0.5, 0.6) is 0 Å². The minimum atomic E-state index is -1.10. The van der Waals surface area contributed by atoms with E-state index in [1.165, 1.54) is 4.90 Å². The monoisotopic (exact) mass is 265 g/mol. The van der Waals surface area contributed by atoms with E-state index in [4.69, 9.17) is 4.74 Å². The number of nitrogens with zero attached hydrogens (tertiary/aromatic N) is 1.